The molecule has 0 aromatic carbocycles. The van der Waals surface area contributed by atoms with Crippen molar-refractivity contribution in [2.24, 2.45) is 23.2 Å². The Labute approximate surface area is 203 Å². The van der Waals surface area contributed by atoms with Gasteiger partial charge in [0.05, 0.1) is 23.5 Å². The topological polar surface area (TPSA) is 132 Å². The summed E-state index contributed by atoms with van der Waals surface area (Å²) in [5.74, 6) is -4.39. The van der Waals surface area contributed by atoms with Crippen molar-refractivity contribution in [3.8, 4) is 0 Å². The van der Waals surface area contributed by atoms with Gasteiger partial charge in [0.25, 0.3) is 0 Å². The number of allylic oxidation sites excluding steroid dienone is 1. The van der Waals surface area contributed by atoms with Gasteiger partial charge in [0, 0.05) is 31.1 Å². The van der Waals surface area contributed by atoms with Crippen LogP contribution in [0, 0.1) is 23.2 Å². The average Bonchev–Trinajstić information content (AvgIpc) is 3.52. The van der Waals surface area contributed by atoms with Crippen LogP contribution in [0.15, 0.2) is 24.3 Å². The molecule has 2 N–H and O–H groups in total. The van der Waals surface area contributed by atoms with Crippen LogP contribution in [0.5, 0.6) is 0 Å². The Morgan fingerprint density at radius 2 is 1.79 bits per heavy atom. The first kappa shape index (κ1) is 25.2. The van der Waals surface area contributed by atoms with Crippen LogP contribution in [0.25, 0.3) is 0 Å². The van der Waals surface area contributed by atoms with Crippen LogP contribution in [0.2, 0.25) is 0 Å². The van der Waals surface area contributed by atoms with Gasteiger partial charge in [0.2, 0.25) is 0 Å². The summed E-state index contributed by atoms with van der Waals surface area (Å²) in [6, 6.07) is 0. The molecule has 2 aliphatic heterocycles. The van der Waals surface area contributed by atoms with E-state index in [2.05, 4.69) is 6.58 Å². The van der Waals surface area contributed by atoms with Crippen LogP contribution in [-0.2, 0) is 33.3 Å². The standard InChI is InChI=1S/C24H31ClO9/c1-9-7-8-14(28)23(6)15(10(2)17(31-12(4)26)18-21(23)33-18)19(32-13(5)27)24(30)11(3)22(29)34-20(24)16(9)25/h7-8,10-11,14-21,28,30H,1H2,2-6H3/b8-7-/t10-,11+,14-,15-,16+,17+,18+,19-,20+,21+,23-,24-/m1/s1. The van der Waals surface area contributed by atoms with Crippen molar-refractivity contribution in [3.63, 3.8) is 0 Å². The monoisotopic (exact) mass is 498 g/mol. The third-order valence-electron chi connectivity index (χ3n) is 8.14. The van der Waals surface area contributed by atoms with Gasteiger partial charge in [-0.25, -0.2) is 0 Å². The molecule has 0 radical (unpaired) electrons. The van der Waals surface area contributed by atoms with Gasteiger partial charge >= 0.3 is 17.9 Å². The number of fused-ring (bicyclic) bond motifs is 4. The van der Waals surface area contributed by atoms with Crippen molar-refractivity contribution in [2.75, 3.05) is 0 Å². The number of halogens is 1. The van der Waals surface area contributed by atoms with Gasteiger partial charge in [-0.3, -0.25) is 14.4 Å². The first-order valence-electron chi connectivity index (χ1n) is 11.4. The lowest BCUT2D eigenvalue weighted by atomic mass is 9.54. The van der Waals surface area contributed by atoms with Gasteiger partial charge in [0.15, 0.2) is 11.7 Å². The van der Waals surface area contributed by atoms with Crippen molar-refractivity contribution in [1.82, 2.24) is 0 Å². The molecule has 34 heavy (non-hydrogen) atoms. The number of hydrogen-bond donors (Lipinski definition) is 2. The highest BCUT2D eigenvalue weighted by Crippen LogP contribution is 2.61. The Morgan fingerprint density at radius 3 is 2.38 bits per heavy atom. The molecular weight excluding hydrogens is 468 g/mol. The smallest absolute Gasteiger partial charge is 0.312 e. The van der Waals surface area contributed by atoms with Crippen molar-refractivity contribution in [1.29, 1.82) is 0 Å². The lowest BCUT2D eigenvalue weighted by Gasteiger charge is -2.54. The first-order valence-corrected chi connectivity index (χ1v) is 11.8. The molecule has 2 saturated heterocycles. The molecule has 12 atom stereocenters. The molecule has 188 valence electrons. The number of aliphatic hydroxyl groups is 2. The molecule has 10 heteroatoms. The Morgan fingerprint density at radius 1 is 1.18 bits per heavy atom. The maximum atomic E-state index is 12.7. The van der Waals surface area contributed by atoms with E-state index in [1.165, 1.54) is 32.9 Å². The second-order valence-electron chi connectivity index (χ2n) is 10.1. The number of esters is 3. The largest absolute Gasteiger partial charge is 0.459 e. The van der Waals surface area contributed by atoms with E-state index in [1.54, 1.807) is 13.8 Å². The second kappa shape index (κ2) is 8.33. The summed E-state index contributed by atoms with van der Waals surface area (Å²) in [6.07, 6.45) is -2.45. The second-order valence-corrected chi connectivity index (χ2v) is 10.6. The summed E-state index contributed by atoms with van der Waals surface area (Å²) in [4.78, 5) is 36.9. The van der Waals surface area contributed by atoms with Gasteiger partial charge in [0.1, 0.15) is 18.3 Å². The van der Waals surface area contributed by atoms with Crippen LogP contribution in [0.1, 0.15) is 34.6 Å². The molecule has 0 amide bonds. The molecule has 0 aromatic heterocycles. The van der Waals surface area contributed by atoms with Gasteiger partial charge in [-0.15, -0.1) is 11.6 Å². The van der Waals surface area contributed by atoms with Crippen LogP contribution in [0.3, 0.4) is 0 Å². The maximum absolute atomic E-state index is 12.7. The number of aliphatic hydroxyl groups excluding tert-OH is 1. The first-order chi connectivity index (χ1) is 15.8. The Kier molecular flexibility index (Phi) is 6.16. The van der Waals surface area contributed by atoms with E-state index < -0.39 is 88.7 Å². The third-order valence-corrected chi connectivity index (χ3v) is 8.65. The predicted molar refractivity (Wildman–Crippen MR) is 118 cm³/mol. The number of ether oxygens (including phenoxy) is 4. The molecule has 0 bridgehead atoms. The molecule has 2 heterocycles. The fraction of sp³-hybridized carbons (Fsp3) is 0.708. The zero-order valence-corrected chi connectivity index (χ0v) is 20.5. The van der Waals surface area contributed by atoms with Gasteiger partial charge in [-0.2, -0.15) is 0 Å². The number of carbonyl (C=O) groups excluding carboxylic acids is 3. The highest BCUT2D eigenvalue weighted by atomic mass is 35.5. The van der Waals surface area contributed by atoms with Crippen LogP contribution in [0.4, 0.5) is 0 Å². The van der Waals surface area contributed by atoms with Gasteiger partial charge < -0.3 is 29.2 Å². The average molecular weight is 499 g/mol. The van der Waals surface area contributed by atoms with Crippen molar-refractivity contribution in [2.45, 2.75) is 82.2 Å². The summed E-state index contributed by atoms with van der Waals surface area (Å²) in [5.41, 5.74) is -2.85. The van der Waals surface area contributed by atoms with E-state index in [0.717, 1.165) is 0 Å². The third kappa shape index (κ3) is 3.51. The van der Waals surface area contributed by atoms with Gasteiger partial charge in [-0.05, 0) is 12.5 Å². The molecule has 9 nitrogen and oxygen atoms in total. The summed E-state index contributed by atoms with van der Waals surface area (Å²) >= 11 is 6.62. The molecule has 0 aromatic rings. The van der Waals surface area contributed by atoms with Crippen LogP contribution in [-0.4, -0.2) is 75.7 Å². The Balaban J connectivity index is 1.96. The number of hydrogen-bond acceptors (Lipinski definition) is 9. The minimum atomic E-state index is -2.06. The van der Waals surface area contributed by atoms with Crippen LogP contribution >= 0.6 is 11.6 Å². The zero-order chi connectivity index (χ0) is 25.3. The Bertz CT molecular complexity index is 949. The molecule has 1 saturated carbocycles. The molecule has 2 aliphatic carbocycles. The van der Waals surface area contributed by atoms with E-state index in [1.807, 2.05) is 0 Å². The van der Waals surface area contributed by atoms with Crippen molar-refractivity contribution < 1.29 is 43.5 Å². The molecule has 4 aliphatic rings. The molecule has 0 unspecified atom stereocenters. The highest BCUT2D eigenvalue weighted by molar-refractivity contribution is 6.23. The van der Waals surface area contributed by atoms with Crippen LogP contribution < -0.4 is 0 Å². The SMILES string of the molecule is C=C1/C=C\[C@@H](O)[C@]2(C)[C@H]([C@@H](C)[C@H](OC(C)=O)[C@@H]3O[C@@H]32)[C@@H](OC(C)=O)[C@]2(O)[C@@H](C)C(=O)O[C@H]2[C@H]1Cl. The molecule has 0 spiro atoms. The number of epoxide rings is 1. The normalized spacial score (nSPS) is 50.7. The van der Waals surface area contributed by atoms with Gasteiger partial charge in [-0.1, -0.05) is 32.6 Å². The number of rotatable bonds is 2. The summed E-state index contributed by atoms with van der Waals surface area (Å²) < 4.78 is 22.8. The Hall–Kier alpha value is -1.94. The minimum absolute atomic E-state index is 0.310. The fourth-order valence-corrected chi connectivity index (χ4v) is 6.60. The van der Waals surface area contributed by atoms with E-state index in [-0.39, 0.29) is 0 Å². The summed E-state index contributed by atoms with van der Waals surface area (Å²) in [7, 11) is 0. The summed E-state index contributed by atoms with van der Waals surface area (Å²) in [5, 5.41) is 22.5. The quantitative estimate of drug-likeness (QED) is 0.250. The van der Waals surface area contributed by atoms with E-state index >= 15 is 0 Å². The fourth-order valence-electron chi connectivity index (χ4n) is 6.27. The van der Waals surface area contributed by atoms with E-state index in [4.69, 9.17) is 30.5 Å². The van der Waals surface area contributed by atoms with E-state index in [9.17, 15) is 24.6 Å². The van der Waals surface area contributed by atoms with Crippen molar-refractivity contribution in [3.05, 3.63) is 24.3 Å². The highest BCUT2D eigenvalue weighted by Gasteiger charge is 2.74. The zero-order valence-electron chi connectivity index (χ0n) is 19.8. The maximum Gasteiger partial charge on any atom is 0.312 e. The number of alkyl halides is 1. The molecule has 3 fully saturated rings. The lowest BCUT2D eigenvalue weighted by molar-refractivity contribution is -0.219. The molecule has 4 rings (SSSR count). The molecular formula is C24H31ClO9. The summed E-state index contributed by atoms with van der Waals surface area (Å²) in [6.45, 7) is 11.4. The van der Waals surface area contributed by atoms with E-state index in [0.29, 0.717) is 5.57 Å². The number of carbonyl (C=O) groups is 3. The predicted octanol–water partition coefficient (Wildman–Crippen LogP) is 1.28. The lowest BCUT2D eigenvalue weighted by Crippen LogP contribution is -2.68. The van der Waals surface area contributed by atoms with Crippen molar-refractivity contribution >= 4 is 29.5 Å². The minimum Gasteiger partial charge on any atom is -0.459 e.